The second kappa shape index (κ2) is 9.64. The van der Waals surface area contributed by atoms with Crippen LogP contribution in [-0.2, 0) is 9.53 Å². The van der Waals surface area contributed by atoms with Gasteiger partial charge >= 0.3 is 5.97 Å². The van der Waals surface area contributed by atoms with Crippen LogP contribution in [0, 0.1) is 5.92 Å². The minimum Gasteiger partial charge on any atom is -0.461 e. The summed E-state index contributed by atoms with van der Waals surface area (Å²) in [5, 5.41) is 0. The van der Waals surface area contributed by atoms with E-state index in [9.17, 15) is 4.79 Å². The van der Waals surface area contributed by atoms with Crippen molar-refractivity contribution < 1.29 is 9.53 Å². The third-order valence-corrected chi connectivity index (χ3v) is 2.46. The second-order valence-electron chi connectivity index (χ2n) is 3.70. The number of esters is 1. The molecule has 0 saturated heterocycles. The van der Waals surface area contributed by atoms with Crippen molar-refractivity contribution in [1.29, 1.82) is 0 Å². The van der Waals surface area contributed by atoms with Crippen LogP contribution in [0.5, 0.6) is 0 Å². The summed E-state index contributed by atoms with van der Waals surface area (Å²) in [7, 11) is 0. The number of hydrogen-bond acceptors (Lipinski definition) is 2. The zero-order valence-corrected chi connectivity index (χ0v) is 10.8. The standard InChI is InChI=1S/C15H22O2/c1-5-9-11-14(8-4)15(16)17-12-13(7-3)10-6-2/h5-7,9-10,14H,2-3,8,11-12H2,1,4H3/b9-5-,13-10+. The van der Waals surface area contributed by atoms with Crippen molar-refractivity contribution in [1.82, 2.24) is 0 Å². The van der Waals surface area contributed by atoms with Crippen molar-refractivity contribution in [2.75, 3.05) is 6.61 Å². The predicted molar refractivity (Wildman–Crippen MR) is 72.6 cm³/mol. The molecular formula is C15H22O2. The van der Waals surface area contributed by atoms with Gasteiger partial charge in [0, 0.05) is 0 Å². The molecule has 0 N–H and O–H groups in total. The molecule has 94 valence electrons. The number of rotatable bonds is 8. The first-order chi connectivity index (χ1) is 8.19. The van der Waals surface area contributed by atoms with Crippen LogP contribution in [-0.4, -0.2) is 12.6 Å². The van der Waals surface area contributed by atoms with E-state index in [1.54, 1.807) is 18.2 Å². The Kier molecular flexibility index (Phi) is 8.75. The van der Waals surface area contributed by atoms with Crippen molar-refractivity contribution in [2.45, 2.75) is 26.7 Å². The molecule has 0 aliphatic heterocycles. The molecule has 0 aromatic carbocycles. The Labute approximate surface area is 104 Å². The topological polar surface area (TPSA) is 26.3 Å². The number of allylic oxidation sites excluding steroid dienone is 4. The first-order valence-electron chi connectivity index (χ1n) is 5.91. The van der Waals surface area contributed by atoms with Crippen LogP contribution in [0.1, 0.15) is 26.7 Å². The van der Waals surface area contributed by atoms with E-state index in [0.29, 0.717) is 0 Å². The minimum absolute atomic E-state index is 0.0546. The molecule has 17 heavy (non-hydrogen) atoms. The summed E-state index contributed by atoms with van der Waals surface area (Å²) < 4.78 is 5.24. The summed E-state index contributed by atoms with van der Waals surface area (Å²) in [6.07, 6.45) is 10.6. The van der Waals surface area contributed by atoms with E-state index >= 15 is 0 Å². The Morgan fingerprint density at radius 1 is 1.41 bits per heavy atom. The van der Waals surface area contributed by atoms with Gasteiger partial charge in [0.05, 0.1) is 5.92 Å². The van der Waals surface area contributed by atoms with E-state index in [4.69, 9.17) is 4.74 Å². The molecular weight excluding hydrogens is 212 g/mol. The molecule has 1 atom stereocenters. The average molecular weight is 234 g/mol. The SMILES string of the molecule is C=C/C=C(\C=C)COC(=O)C(CC)C/C=C\C. The first-order valence-corrected chi connectivity index (χ1v) is 5.91. The summed E-state index contributed by atoms with van der Waals surface area (Å²) in [5.74, 6) is -0.205. The van der Waals surface area contributed by atoms with Gasteiger partial charge in [-0.05, 0) is 25.3 Å². The molecule has 0 heterocycles. The lowest BCUT2D eigenvalue weighted by atomic mass is 10.0. The molecule has 0 spiro atoms. The van der Waals surface area contributed by atoms with Gasteiger partial charge in [-0.25, -0.2) is 0 Å². The molecule has 0 rings (SSSR count). The summed E-state index contributed by atoms with van der Waals surface area (Å²) >= 11 is 0. The van der Waals surface area contributed by atoms with E-state index in [2.05, 4.69) is 13.2 Å². The lowest BCUT2D eigenvalue weighted by Gasteiger charge is -2.12. The van der Waals surface area contributed by atoms with Crippen LogP contribution < -0.4 is 0 Å². The van der Waals surface area contributed by atoms with Gasteiger partial charge in [-0.2, -0.15) is 0 Å². The highest BCUT2D eigenvalue weighted by atomic mass is 16.5. The Morgan fingerprint density at radius 3 is 2.59 bits per heavy atom. The van der Waals surface area contributed by atoms with Crippen LogP contribution in [0.15, 0.2) is 49.1 Å². The van der Waals surface area contributed by atoms with Crippen molar-refractivity contribution in [3.8, 4) is 0 Å². The predicted octanol–water partition coefficient (Wildman–Crippen LogP) is 3.82. The lowest BCUT2D eigenvalue weighted by Crippen LogP contribution is -2.17. The fraction of sp³-hybridized carbons (Fsp3) is 0.400. The maximum absolute atomic E-state index is 11.8. The molecule has 1 unspecified atom stereocenters. The molecule has 0 amide bonds. The maximum atomic E-state index is 11.8. The zero-order valence-electron chi connectivity index (χ0n) is 10.8. The number of carbonyl (C=O) groups is 1. The smallest absolute Gasteiger partial charge is 0.309 e. The normalized spacial score (nSPS) is 13.4. The molecule has 2 nitrogen and oxygen atoms in total. The van der Waals surface area contributed by atoms with Gasteiger partial charge in [0.25, 0.3) is 0 Å². The van der Waals surface area contributed by atoms with Crippen LogP contribution >= 0.6 is 0 Å². The van der Waals surface area contributed by atoms with Gasteiger partial charge < -0.3 is 4.74 Å². The number of hydrogen-bond donors (Lipinski definition) is 0. The minimum atomic E-state index is -0.151. The summed E-state index contributed by atoms with van der Waals surface area (Å²) in [4.78, 5) is 11.8. The first kappa shape index (κ1) is 15.4. The van der Waals surface area contributed by atoms with E-state index in [1.165, 1.54) is 0 Å². The molecule has 0 aromatic heterocycles. The van der Waals surface area contributed by atoms with Crippen LogP contribution in [0.3, 0.4) is 0 Å². The lowest BCUT2D eigenvalue weighted by molar-refractivity contribution is -0.147. The highest BCUT2D eigenvalue weighted by Crippen LogP contribution is 2.12. The van der Waals surface area contributed by atoms with Gasteiger partial charge in [-0.1, -0.05) is 50.5 Å². The molecule has 0 aliphatic carbocycles. The third kappa shape index (κ3) is 6.56. The Hall–Kier alpha value is -1.57. The third-order valence-electron chi connectivity index (χ3n) is 2.46. The van der Waals surface area contributed by atoms with Gasteiger partial charge in [0.1, 0.15) is 6.61 Å². The fourth-order valence-corrected chi connectivity index (χ4v) is 1.33. The van der Waals surface area contributed by atoms with Crippen molar-refractivity contribution in [3.63, 3.8) is 0 Å². The summed E-state index contributed by atoms with van der Waals surface area (Å²) in [5.41, 5.74) is 0.856. The maximum Gasteiger partial charge on any atom is 0.309 e. The van der Waals surface area contributed by atoms with E-state index in [1.807, 2.05) is 26.0 Å². The summed E-state index contributed by atoms with van der Waals surface area (Å²) in [6.45, 7) is 11.4. The highest BCUT2D eigenvalue weighted by Gasteiger charge is 2.16. The highest BCUT2D eigenvalue weighted by molar-refractivity contribution is 5.72. The van der Waals surface area contributed by atoms with E-state index < -0.39 is 0 Å². The van der Waals surface area contributed by atoms with Gasteiger partial charge in [0.15, 0.2) is 0 Å². The van der Waals surface area contributed by atoms with Gasteiger partial charge in [0.2, 0.25) is 0 Å². The van der Waals surface area contributed by atoms with Gasteiger partial charge in [-0.15, -0.1) is 0 Å². The molecule has 0 saturated carbocycles. The van der Waals surface area contributed by atoms with Crippen LogP contribution in [0.25, 0.3) is 0 Å². The Bertz CT molecular complexity index is 311. The quantitative estimate of drug-likeness (QED) is 0.362. The van der Waals surface area contributed by atoms with Crippen molar-refractivity contribution in [2.24, 2.45) is 5.92 Å². The molecule has 0 bridgehead atoms. The molecule has 0 fully saturated rings. The monoisotopic (exact) mass is 234 g/mol. The van der Waals surface area contributed by atoms with Crippen LogP contribution in [0.4, 0.5) is 0 Å². The molecule has 0 aromatic rings. The zero-order chi connectivity index (χ0) is 13.1. The summed E-state index contributed by atoms with van der Waals surface area (Å²) in [6, 6.07) is 0. The van der Waals surface area contributed by atoms with E-state index in [-0.39, 0.29) is 18.5 Å². The molecule has 2 heteroatoms. The average Bonchev–Trinajstić information content (AvgIpc) is 2.35. The van der Waals surface area contributed by atoms with Gasteiger partial charge in [-0.3, -0.25) is 4.79 Å². The van der Waals surface area contributed by atoms with Crippen LogP contribution in [0.2, 0.25) is 0 Å². The Morgan fingerprint density at radius 2 is 2.12 bits per heavy atom. The Balaban J connectivity index is 4.26. The number of ether oxygens (including phenoxy) is 1. The second-order valence-corrected chi connectivity index (χ2v) is 3.70. The number of carbonyl (C=O) groups excluding carboxylic acids is 1. The fourth-order valence-electron chi connectivity index (χ4n) is 1.33. The van der Waals surface area contributed by atoms with E-state index in [0.717, 1.165) is 18.4 Å². The van der Waals surface area contributed by atoms with Crippen molar-refractivity contribution in [3.05, 3.63) is 49.1 Å². The molecule has 0 aliphatic rings. The largest absolute Gasteiger partial charge is 0.461 e. The molecule has 0 radical (unpaired) electrons. The van der Waals surface area contributed by atoms with Crippen molar-refractivity contribution >= 4 is 5.97 Å².